The Balaban J connectivity index is 1.95. The molecule has 178 valence electrons. The number of hydrogen-bond acceptors (Lipinski definition) is 7. The summed E-state index contributed by atoms with van der Waals surface area (Å²) in [6.07, 6.45) is -1.04. The van der Waals surface area contributed by atoms with Crippen molar-refractivity contribution in [1.29, 1.82) is 0 Å². The van der Waals surface area contributed by atoms with Crippen molar-refractivity contribution in [2.45, 2.75) is 71.2 Å². The highest BCUT2D eigenvalue weighted by molar-refractivity contribution is 7.18. The summed E-state index contributed by atoms with van der Waals surface area (Å²) in [5.41, 5.74) is -1.08. The topological polar surface area (TPSA) is 91.6 Å². The molecule has 2 aromatic rings. The van der Waals surface area contributed by atoms with E-state index in [0.29, 0.717) is 22.3 Å². The van der Waals surface area contributed by atoms with Crippen LogP contribution in [0.5, 0.6) is 0 Å². The lowest BCUT2D eigenvalue weighted by molar-refractivity contribution is -0.153. The minimum atomic E-state index is -2.86. The van der Waals surface area contributed by atoms with Gasteiger partial charge in [-0.3, -0.25) is 18.7 Å². The van der Waals surface area contributed by atoms with E-state index in [1.807, 2.05) is 0 Å². The molecule has 0 unspecified atom stereocenters. The van der Waals surface area contributed by atoms with Crippen molar-refractivity contribution in [1.82, 2.24) is 14.5 Å². The third-order valence-electron chi connectivity index (χ3n) is 5.27. The van der Waals surface area contributed by atoms with Gasteiger partial charge in [-0.25, -0.2) is 13.6 Å². The maximum atomic E-state index is 13.5. The Morgan fingerprint density at radius 2 is 1.94 bits per heavy atom. The molecule has 1 aliphatic carbocycles. The van der Waals surface area contributed by atoms with Crippen molar-refractivity contribution in [2.75, 3.05) is 20.3 Å². The second kappa shape index (κ2) is 9.03. The van der Waals surface area contributed by atoms with E-state index in [4.69, 9.17) is 9.47 Å². The SMILES string of the molecule is COCCn1c(=O)n(C2CC(F)(F)C2)c(=O)c2c(C)c(CNCC(=O)OC(C)(C)C)sc21. The van der Waals surface area contributed by atoms with Crippen molar-refractivity contribution in [3.8, 4) is 0 Å². The van der Waals surface area contributed by atoms with Gasteiger partial charge < -0.3 is 14.8 Å². The van der Waals surface area contributed by atoms with Crippen LogP contribution < -0.4 is 16.6 Å². The number of ether oxygens (including phenoxy) is 2. The molecule has 2 aromatic heterocycles. The first kappa shape index (κ1) is 24.5. The molecule has 0 spiro atoms. The number of halogens is 2. The molecule has 0 radical (unpaired) electrons. The number of esters is 1. The number of carbonyl (C=O) groups excluding carboxylic acids is 1. The molecule has 32 heavy (non-hydrogen) atoms. The summed E-state index contributed by atoms with van der Waals surface area (Å²) < 4.78 is 39.7. The van der Waals surface area contributed by atoms with E-state index in [0.717, 1.165) is 9.44 Å². The fourth-order valence-corrected chi connectivity index (χ4v) is 5.03. The summed E-state index contributed by atoms with van der Waals surface area (Å²) in [6, 6.07) is -0.823. The predicted molar refractivity (Wildman–Crippen MR) is 118 cm³/mol. The van der Waals surface area contributed by atoms with Gasteiger partial charge in [-0.05, 0) is 33.3 Å². The molecular formula is C21H29F2N3O5S. The molecule has 0 amide bonds. The third kappa shape index (κ3) is 5.10. The Labute approximate surface area is 188 Å². The van der Waals surface area contributed by atoms with Gasteiger partial charge in [0, 0.05) is 31.4 Å². The summed E-state index contributed by atoms with van der Waals surface area (Å²) in [7, 11) is 1.50. The van der Waals surface area contributed by atoms with E-state index in [1.54, 1.807) is 27.7 Å². The lowest BCUT2D eigenvalue weighted by atomic mass is 9.88. The van der Waals surface area contributed by atoms with Crippen LogP contribution in [0.4, 0.5) is 8.78 Å². The van der Waals surface area contributed by atoms with Crippen LogP contribution in [0.2, 0.25) is 0 Å². The number of fused-ring (bicyclic) bond motifs is 1. The molecule has 11 heteroatoms. The largest absolute Gasteiger partial charge is 0.459 e. The first-order valence-electron chi connectivity index (χ1n) is 10.4. The first-order valence-corrected chi connectivity index (χ1v) is 11.2. The molecule has 0 aliphatic heterocycles. The molecule has 0 bridgehead atoms. The number of rotatable bonds is 8. The summed E-state index contributed by atoms with van der Waals surface area (Å²) >= 11 is 1.27. The van der Waals surface area contributed by atoms with Crippen LogP contribution in [0.15, 0.2) is 9.59 Å². The number of carbonyl (C=O) groups is 1. The zero-order valence-corrected chi connectivity index (χ0v) is 19.7. The molecule has 0 saturated heterocycles. The number of hydrogen-bond donors (Lipinski definition) is 1. The molecule has 1 N–H and O–H groups in total. The van der Waals surface area contributed by atoms with E-state index >= 15 is 0 Å². The highest BCUT2D eigenvalue weighted by Crippen LogP contribution is 2.44. The Morgan fingerprint density at radius 3 is 2.50 bits per heavy atom. The van der Waals surface area contributed by atoms with Gasteiger partial charge in [-0.1, -0.05) is 0 Å². The highest BCUT2D eigenvalue weighted by atomic mass is 32.1. The molecule has 0 atom stereocenters. The van der Waals surface area contributed by atoms with Gasteiger partial charge in [-0.15, -0.1) is 11.3 Å². The fourth-order valence-electron chi connectivity index (χ4n) is 3.75. The van der Waals surface area contributed by atoms with Crippen molar-refractivity contribution in [3.63, 3.8) is 0 Å². The second-order valence-corrected chi connectivity index (χ2v) is 10.1. The zero-order chi connectivity index (χ0) is 23.8. The smallest absolute Gasteiger partial charge is 0.332 e. The van der Waals surface area contributed by atoms with Gasteiger partial charge in [0.05, 0.1) is 31.1 Å². The van der Waals surface area contributed by atoms with Crippen molar-refractivity contribution in [2.24, 2.45) is 0 Å². The molecular weight excluding hydrogens is 444 g/mol. The number of nitrogens with zero attached hydrogens (tertiary/aromatic N) is 2. The van der Waals surface area contributed by atoms with Crippen LogP contribution in [-0.2, 0) is 27.4 Å². The van der Waals surface area contributed by atoms with Crippen LogP contribution >= 0.6 is 11.3 Å². The summed E-state index contributed by atoms with van der Waals surface area (Å²) in [6.45, 7) is 7.81. The maximum absolute atomic E-state index is 13.5. The minimum absolute atomic E-state index is 0.0111. The lowest BCUT2D eigenvalue weighted by Crippen LogP contribution is -2.49. The number of nitrogens with one attached hydrogen (secondary N) is 1. The highest BCUT2D eigenvalue weighted by Gasteiger charge is 2.47. The number of aryl methyl sites for hydroxylation is 1. The number of aromatic nitrogens is 2. The molecule has 1 fully saturated rings. The Hall–Kier alpha value is -2.11. The number of thiophene rings is 1. The molecule has 1 aliphatic rings. The Bertz CT molecular complexity index is 1120. The van der Waals surface area contributed by atoms with E-state index < -0.39 is 47.6 Å². The van der Waals surface area contributed by atoms with Gasteiger partial charge in [0.2, 0.25) is 0 Å². The summed E-state index contributed by atoms with van der Waals surface area (Å²) in [4.78, 5) is 39.4. The van der Waals surface area contributed by atoms with Crippen molar-refractivity contribution in [3.05, 3.63) is 31.3 Å². The quantitative estimate of drug-likeness (QED) is 0.593. The normalized spacial score (nSPS) is 16.3. The summed E-state index contributed by atoms with van der Waals surface area (Å²) in [5.74, 6) is -3.26. The van der Waals surface area contributed by atoms with Gasteiger partial charge in [-0.2, -0.15) is 0 Å². The monoisotopic (exact) mass is 473 g/mol. The van der Waals surface area contributed by atoms with Crippen LogP contribution in [0.3, 0.4) is 0 Å². The Morgan fingerprint density at radius 1 is 1.28 bits per heavy atom. The molecule has 0 aromatic carbocycles. The minimum Gasteiger partial charge on any atom is -0.459 e. The standard InChI is InChI=1S/C21H29F2N3O5S/c1-12-14(10-24-11-15(27)31-20(2,3)4)32-18-16(12)17(28)26(13-8-21(22,23)9-13)19(29)25(18)6-7-30-5/h13,24H,6-11H2,1-5H3. The van der Waals surface area contributed by atoms with Gasteiger partial charge in [0.1, 0.15) is 10.4 Å². The maximum Gasteiger partial charge on any atom is 0.332 e. The average molecular weight is 474 g/mol. The molecule has 8 nitrogen and oxygen atoms in total. The first-order chi connectivity index (χ1) is 14.8. The van der Waals surface area contributed by atoms with Crippen LogP contribution in [0.25, 0.3) is 10.2 Å². The second-order valence-electron chi connectivity index (χ2n) is 9.04. The van der Waals surface area contributed by atoms with E-state index in [9.17, 15) is 23.2 Å². The summed E-state index contributed by atoms with van der Waals surface area (Å²) in [5, 5.41) is 3.35. The molecule has 1 saturated carbocycles. The van der Waals surface area contributed by atoms with Crippen LogP contribution in [0, 0.1) is 6.92 Å². The molecule has 2 heterocycles. The lowest BCUT2D eigenvalue weighted by Gasteiger charge is -2.35. The van der Waals surface area contributed by atoms with Gasteiger partial charge in [0.25, 0.3) is 11.5 Å². The molecule has 3 rings (SSSR count). The van der Waals surface area contributed by atoms with Crippen LogP contribution in [-0.4, -0.2) is 46.9 Å². The Kier molecular flexibility index (Phi) is 6.92. The van der Waals surface area contributed by atoms with Crippen molar-refractivity contribution < 1.29 is 23.0 Å². The third-order valence-corrected chi connectivity index (χ3v) is 6.58. The van der Waals surface area contributed by atoms with Crippen LogP contribution in [0.1, 0.15) is 50.1 Å². The van der Waals surface area contributed by atoms with E-state index in [-0.39, 0.29) is 19.7 Å². The predicted octanol–water partition coefficient (Wildman–Crippen LogP) is 2.58. The fraction of sp³-hybridized carbons (Fsp3) is 0.667. The van der Waals surface area contributed by atoms with Gasteiger partial charge in [0.15, 0.2) is 0 Å². The van der Waals surface area contributed by atoms with Gasteiger partial charge >= 0.3 is 11.7 Å². The number of alkyl halides is 2. The number of methoxy groups -OCH3 is 1. The van der Waals surface area contributed by atoms with E-state index in [1.165, 1.54) is 23.0 Å². The van der Waals surface area contributed by atoms with Crippen molar-refractivity contribution >= 4 is 27.5 Å². The van der Waals surface area contributed by atoms with E-state index in [2.05, 4.69) is 5.32 Å². The average Bonchev–Trinajstić information content (AvgIpc) is 2.95. The zero-order valence-electron chi connectivity index (χ0n) is 18.9.